The Morgan fingerprint density at radius 2 is 1.94 bits per heavy atom. The van der Waals surface area contributed by atoms with Crippen LogP contribution in [-0.4, -0.2) is 0 Å². The summed E-state index contributed by atoms with van der Waals surface area (Å²) in [7, 11) is 0. The van der Waals surface area contributed by atoms with Crippen LogP contribution in [0.5, 0.6) is 0 Å². The van der Waals surface area contributed by atoms with Crippen LogP contribution >= 0.6 is 54.8 Å². The molecule has 0 saturated heterocycles. The van der Waals surface area contributed by atoms with E-state index in [0.717, 1.165) is 18.7 Å². The molecule has 1 aromatic carbocycles. The zero-order chi connectivity index (χ0) is 12.6. The molecule has 0 aliphatic carbocycles. The molecule has 0 spiro atoms. The molecule has 1 aromatic heterocycles. The Hall–Kier alpha value is 0.1000. The molecule has 0 bridgehead atoms. The Morgan fingerprint density at radius 3 is 2.53 bits per heavy atom. The van der Waals surface area contributed by atoms with E-state index in [4.69, 9.17) is 11.6 Å². The van der Waals surface area contributed by atoms with Gasteiger partial charge in [-0.2, -0.15) is 0 Å². The van der Waals surface area contributed by atoms with Crippen molar-refractivity contribution in [1.82, 2.24) is 0 Å². The van der Waals surface area contributed by atoms with Gasteiger partial charge in [-0.25, -0.2) is 4.39 Å². The summed E-state index contributed by atoms with van der Waals surface area (Å²) >= 11 is 14.7. The molecule has 17 heavy (non-hydrogen) atoms. The van der Waals surface area contributed by atoms with E-state index >= 15 is 0 Å². The third-order valence-corrected chi connectivity index (χ3v) is 4.96. The summed E-state index contributed by atoms with van der Waals surface area (Å²) in [6, 6.07) is 6.75. The molecule has 2 rings (SSSR count). The maximum Gasteiger partial charge on any atom is 0.128 e. The smallest absolute Gasteiger partial charge is 0.128 e. The highest BCUT2D eigenvalue weighted by molar-refractivity contribution is 9.11. The zero-order valence-corrected chi connectivity index (χ0v) is 13.6. The highest BCUT2D eigenvalue weighted by Crippen LogP contribution is 2.38. The van der Waals surface area contributed by atoms with Gasteiger partial charge in [-0.3, -0.25) is 0 Å². The summed E-state index contributed by atoms with van der Waals surface area (Å²) in [6.45, 7) is 1.98. The van der Waals surface area contributed by atoms with Gasteiger partial charge in [-0.15, -0.1) is 22.9 Å². The van der Waals surface area contributed by atoms with Crippen molar-refractivity contribution in [3.05, 3.63) is 54.3 Å². The standard InChI is InChI=1S/C12H8Br2ClFS/c1-6-8(5-11(14)17-6)12(15)9-4-7(13)2-3-10(9)16/h2-5,12H,1H3. The summed E-state index contributed by atoms with van der Waals surface area (Å²) < 4.78 is 15.6. The fourth-order valence-electron chi connectivity index (χ4n) is 1.59. The lowest BCUT2D eigenvalue weighted by Gasteiger charge is -2.11. The predicted molar refractivity (Wildman–Crippen MR) is 78.6 cm³/mol. The van der Waals surface area contributed by atoms with E-state index < -0.39 is 5.38 Å². The summed E-state index contributed by atoms with van der Waals surface area (Å²) in [5.74, 6) is -0.282. The molecule has 1 unspecified atom stereocenters. The number of thiophene rings is 1. The first-order valence-corrected chi connectivity index (χ1v) is 7.68. The van der Waals surface area contributed by atoms with Gasteiger partial charge >= 0.3 is 0 Å². The number of benzene rings is 1. The largest absolute Gasteiger partial charge is 0.207 e. The van der Waals surface area contributed by atoms with Gasteiger partial charge in [-0.1, -0.05) is 15.9 Å². The first kappa shape index (κ1) is 13.5. The number of aryl methyl sites for hydroxylation is 1. The normalized spacial score (nSPS) is 12.8. The molecule has 1 atom stereocenters. The second-order valence-electron chi connectivity index (χ2n) is 3.59. The molecular weight excluding hydrogens is 390 g/mol. The fraction of sp³-hybridized carbons (Fsp3) is 0.167. The molecule has 0 aliphatic heterocycles. The predicted octanol–water partition coefficient (Wildman–Crippen LogP) is 6.05. The molecular formula is C12H8Br2ClFS. The minimum atomic E-state index is -0.463. The number of alkyl halides is 1. The highest BCUT2D eigenvalue weighted by Gasteiger charge is 2.19. The van der Waals surface area contributed by atoms with E-state index in [2.05, 4.69) is 31.9 Å². The molecule has 1 heterocycles. The van der Waals surface area contributed by atoms with Crippen LogP contribution in [0.2, 0.25) is 0 Å². The Labute approximate surface area is 125 Å². The van der Waals surface area contributed by atoms with Gasteiger partial charge in [0.1, 0.15) is 5.82 Å². The van der Waals surface area contributed by atoms with Gasteiger partial charge in [0.05, 0.1) is 9.16 Å². The molecule has 0 amide bonds. The number of hydrogen-bond acceptors (Lipinski definition) is 1. The van der Waals surface area contributed by atoms with Crippen LogP contribution < -0.4 is 0 Å². The molecule has 90 valence electrons. The quantitative estimate of drug-likeness (QED) is 0.540. The molecule has 0 fully saturated rings. The first-order chi connectivity index (χ1) is 7.99. The second kappa shape index (κ2) is 5.39. The maximum atomic E-state index is 13.7. The van der Waals surface area contributed by atoms with Crippen molar-refractivity contribution in [3.63, 3.8) is 0 Å². The van der Waals surface area contributed by atoms with E-state index in [-0.39, 0.29) is 5.82 Å². The third-order valence-electron chi connectivity index (χ3n) is 2.43. The van der Waals surface area contributed by atoms with Crippen molar-refractivity contribution in [2.75, 3.05) is 0 Å². The van der Waals surface area contributed by atoms with Crippen LogP contribution in [0.4, 0.5) is 4.39 Å². The minimum Gasteiger partial charge on any atom is -0.207 e. The molecule has 0 radical (unpaired) electrons. The average molecular weight is 399 g/mol. The summed E-state index contributed by atoms with van der Waals surface area (Å²) in [5, 5.41) is -0.463. The average Bonchev–Trinajstić information content (AvgIpc) is 2.60. The van der Waals surface area contributed by atoms with Crippen molar-refractivity contribution >= 4 is 54.8 Å². The molecule has 0 nitrogen and oxygen atoms in total. The van der Waals surface area contributed by atoms with Crippen molar-refractivity contribution in [1.29, 1.82) is 0 Å². The molecule has 5 heteroatoms. The highest BCUT2D eigenvalue weighted by atomic mass is 79.9. The molecule has 0 N–H and O–H groups in total. The fourth-order valence-corrected chi connectivity index (χ4v) is 4.17. The van der Waals surface area contributed by atoms with Gasteiger partial charge < -0.3 is 0 Å². The summed E-state index contributed by atoms with van der Waals surface area (Å²) in [4.78, 5) is 1.09. The van der Waals surface area contributed by atoms with Crippen LogP contribution in [0.15, 0.2) is 32.5 Å². The van der Waals surface area contributed by atoms with Crippen LogP contribution in [-0.2, 0) is 0 Å². The SMILES string of the molecule is Cc1sc(Br)cc1C(Cl)c1cc(Br)ccc1F. The van der Waals surface area contributed by atoms with E-state index in [1.54, 1.807) is 23.5 Å². The maximum absolute atomic E-state index is 13.7. The van der Waals surface area contributed by atoms with Gasteiger partial charge in [0.25, 0.3) is 0 Å². The topological polar surface area (TPSA) is 0 Å². The Balaban J connectivity index is 2.46. The Bertz CT molecular complexity index is 553. The third kappa shape index (κ3) is 2.92. The van der Waals surface area contributed by atoms with Crippen LogP contribution in [0.3, 0.4) is 0 Å². The van der Waals surface area contributed by atoms with Crippen LogP contribution in [0.1, 0.15) is 21.4 Å². The molecule has 0 saturated carbocycles. The van der Waals surface area contributed by atoms with Crippen molar-refractivity contribution in [2.24, 2.45) is 0 Å². The number of halogens is 4. The minimum absolute atomic E-state index is 0.282. The van der Waals surface area contributed by atoms with Gasteiger partial charge in [0.2, 0.25) is 0 Å². The second-order valence-corrected chi connectivity index (χ2v) is 7.58. The molecule has 2 aromatic rings. The number of rotatable bonds is 2. The lowest BCUT2D eigenvalue weighted by Crippen LogP contribution is -1.97. The monoisotopic (exact) mass is 396 g/mol. The number of hydrogen-bond donors (Lipinski definition) is 0. The summed E-state index contributed by atoms with van der Waals surface area (Å²) in [6.07, 6.45) is 0. The Kier molecular flexibility index (Phi) is 4.29. The summed E-state index contributed by atoms with van der Waals surface area (Å²) in [5.41, 5.74) is 1.44. The lowest BCUT2D eigenvalue weighted by atomic mass is 10.1. The van der Waals surface area contributed by atoms with Crippen LogP contribution in [0.25, 0.3) is 0 Å². The van der Waals surface area contributed by atoms with E-state index in [1.807, 2.05) is 13.0 Å². The van der Waals surface area contributed by atoms with Crippen molar-refractivity contribution in [2.45, 2.75) is 12.3 Å². The van der Waals surface area contributed by atoms with Crippen LogP contribution in [0, 0.1) is 12.7 Å². The van der Waals surface area contributed by atoms with E-state index in [9.17, 15) is 4.39 Å². The van der Waals surface area contributed by atoms with Gasteiger partial charge in [-0.05, 0) is 52.7 Å². The van der Waals surface area contributed by atoms with Crippen molar-refractivity contribution in [3.8, 4) is 0 Å². The lowest BCUT2D eigenvalue weighted by molar-refractivity contribution is 0.612. The van der Waals surface area contributed by atoms with E-state index in [0.29, 0.717) is 5.56 Å². The molecule has 0 aliphatic rings. The first-order valence-electron chi connectivity index (χ1n) is 4.84. The van der Waals surface area contributed by atoms with Gasteiger partial charge in [0, 0.05) is 14.9 Å². The Morgan fingerprint density at radius 1 is 1.24 bits per heavy atom. The van der Waals surface area contributed by atoms with Crippen molar-refractivity contribution < 1.29 is 4.39 Å². The van der Waals surface area contributed by atoms with Gasteiger partial charge in [0.15, 0.2) is 0 Å². The zero-order valence-electron chi connectivity index (χ0n) is 8.81. The van der Waals surface area contributed by atoms with E-state index in [1.165, 1.54) is 6.07 Å².